The Kier molecular flexibility index (Phi) is 7.70. The van der Waals surface area contributed by atoms with Crippen molar-refractivity contribution in [2.45, 2.75) is 26.3 Å². The highest BCUT2D eigenvalue weighted by atomic mass is 32.2. The van der Waals surface area contributed by atoms with Crippen LogP contribution in [0.2, 0.25) is 0 Å². The molecule has 0 aliphatic carbocycles. The number of rotatable bonds is 9. The molecule has 0 bridgehead atoms. The Hall–Kier alpha value is -3.47. The predicted molar refractivity (Wildman–Crippen MR) is 116 cm³/mol. The van der Waals surface area contributed by atoms with Gasteiger partial charge in [0, 0.05) is 17.8 Å². The molecule has 0 fully saturated rings. The molecular formula is C20H23N3O7S. The number of benzene rings is 2. The maximum Gasteiger partial charge on any atom is 0.338 e. The maximum absolute atomic E-state index is 12.9. The highest BCUT2D eigenvalue weighted by molar-refractivity contribution is 7.92. The largest absolute Gasteiger partial charge is 0.462 e. The third-order valence-corrected chi connectivity index (χ3v) is 5.47. The first kappa shape index (κ1) is 23.8. The summed E-state index contributed by atoms with van der Waals surface area (Å²) in [5.41, 5.74) is 0.373. The second kappa shape index (κ2) is 10.0. The van der Waals surface area contributed by atoms with Crippen molar-refractivity contribution in [2.24, 2.45) is 0 Å². The minimum absolute atomic E-state index is 0.0105. The number of hydrogen-bond donors (Lipinski definition) is 1. The number of hydrogen-bond acceptors (Lipinski definition) is 7. The molecule has 0 radical (unpaired) electrons. The van der Waals surface area contributed by atoms with E-state index in [4.69, 9.17) is 4.74 Å². The smallest absolute Gasteiger partial charge is 0.338 e. The lowest BCUT2D eigenvalue weighted by molar-refractivity contribution is -0.384. The zero-order chi connectivity index (χ0) is 23.2. The average Bonchev–Trinajstić information content (AvgIpc) is 2.71. The molecule has 10 nitrogen and oxygen atoms in total. The van der Waals surface area contributed by atoms with E-state index in [2.05, 4.69) is 5.32 Å². The summed E-state index contributed by atoms with van der Waals surface area (Å²) in [4.78, 5) is 35.1. The molecule has 2 rings (SSSR count). The van der Waals surface area contributed by atoms with Gasteiger partial charge in [-0.05, 0) is 43.7 Å². The molecule has 0 spiro atoms. The first-order valence-corrected chi connectivity index (χ1v) is 11.2. The van der Waals surface area contributed by atoms with Crippen LogP contribution in [0.15, 0.2) is 48.5 Å². The van der Waals surface area contributed by atoms with Crippen molar-refractivity contribution in [1.29, 1.82) is 0 Å². The van der Waals surface area contributed by atoms with Crippen molar-refractivity contribution < 1.29 is 27.7 Å². The van der Waals surface area contributed by atoms with Gasteiger partial charge in [-0.2, -0.15) is 0 Å². The summed E-state index contributed by atoms with van der Waals surface area (Å²) >= 11 is 0. The molecule has 0 aliphatic rings. The van der Waals surface area contributed by atoms with Gasteiger partial charge < -0.3 is 10.1 Å². The fourth-order valence-corrected chi connectivity index (χ4v) is 4.14. The minimum Gasteiger partial charge on any atom is -0.462 e. The third kappa shape index (κ3) is 6.01. The van der Waals surface area contributed by atoms with Gasteiger partial charge in [0.1, 0.15) is 6.04 Å². The second-order valence-corrected chi connectivity index (χ2v) is 8.41. The van der Waals surface area contributed by atoms with E-state index in [0.717, 1.165) is 16.6 Å². The molecule has 0 heterocycles. The Morgan fingerprint density at radius 3 is 2.32 bits per heavy atom. The molecule has 2 aromatic carbocycles. The minimum atomic E-state index is -3.94. The normalized spacial score (nSPS) is 12.0. The van der Waals surface area contributed by atoms with Gasteiger partial charge in [0.25, 0.3) is 5.69 Å². The summed E-state index contributed by atoms with van der Waals surface area (Å²) in [6, 6.07) is 9.86. The molecule has 2 aromatic rings. The van der Waals surface area contributed by atoms with E-state index in [1.165, 1.54) is 42.5 Å². The summed E-state index contributed by atoms with van der Waals surface area (Å²) in [7, 11) is -3.94. The van der Waals surface area contributed by atoms with Crippen LogP contribution < -0.4 is 9.62 Å². The van der Waals surface area contributed by atoms with Crippen LogP contribution in [-0.2, 0) is 19.6 Å². The molecule has 0 aromatic heterocycles. The van der Waals surface area contributed by atoms with E-state index in [9.17, 15) is 28.1 Å². The van der Waals surface area contributed by atoms with E-state index < -0.39 is 32.9 Å². The molecule has 1 atom stereocenters. The molecule has 31 heavy (non-hydrogen) atoms. The number of nitro groups is 1. The van der Waals surface area contributed by atoms with Gasteiger partial charge in [-0.25, -0.2) is 13.2 Å². The fraction of sp³-hybridized carbons (Fsp3) is 0.300. The Bertz CT molecular complexity index is 1070. The maximum atomic E-state index is 12.9. The van der Waals surface area contributed by atoms with Crippen LogP contribution in [0.3, 0.4) is 0 Å². The summed E-state index contributed by atoms with van der Waals surface area (Å²) < 4.78 is 30.7. The van der Waals surface area contributed by atoms with E-state index in [-0.39, 0.29) is 24.4 Å². The van der Waals surface area contributed by atoms with Crippen LogP contribution in [-0.4, -0.2) is 44.1 Å². The van der Waals surface area contributed by atoms with E-state index >= 15 is 0 Å². The Morgan fingerprint density at radius 1 is 1.16 bits per heavy atom. The van der Waals surface area contributed by atoms with Crippen LogP contribution >= 0.6 is 0 Å². The van der Waals surface area contributed by atoms with Gasteiger partial charge in [0.05, 0.1) is 29.0 Å². The number of ether oxygens (including phenoxy) is 1. The summed E-state index contributed by atoms with van der Waals surface area (Å²) in [6.45, 7) is 3.55. The Balaban J connectivity index is 2.32. The number of nitrogens with zero attached hydrogens (tertiary/aromatic N) is 2. The summed E-state index contributed by atoms with van der Waals surface area (Å²) in [6.07, 6.45) is 1.04. The first-order valence-electron chi connectivity index (χ1n) is 9.40. The summed E-state index contributed by atoms with van der Waals surface area (Å²) in [5, 5.41) is 13.7. The number of non-ortho nitro benzene ring substituents is 1. The van der Waals surface area contributed by atoms with Gasteiger partial charge >= 0.3 is 5.97 Å². The fourth-order valence-electron chi connectivity index (χ4n) is 2.93. The Morgan fingerprint density at radius 2 is 1.81 bits per heavy atom. The van der Waals surface area contributed by atoms with Crippen LogP contribution in [0.5, 0.6) is 0 Å². The SMILES string of the molecule is CCOC(=O)c1ccc(NC(=O)[C@H](CC)N(c2cccc([N+](=O)[O-])c2)S(C)(=O)=O)cc1. The lowest BCUT2D eigenvalue weighted by Crippen LogP contribution is -2.47. The molecule has 1 amide bonds. The van der Waals surface area contributed by atoms with Crippen molar-refractivity contribution in [3.05, 3.63) is 64.2 Å². The molecular weight excluding hydrogens is 426 g/mol. The number of sulfonamides is 1. The van der Waals surface area contributed by atoms with E-state index in [0.29, 0.717) is 11.3 Å². The number of carbonyl (C=O) groups is 2. The van der Waals surface area contributed by atoms with E-state index in [1.807, 2.05) is 0 Å². The number of carbonyl (C=O) groups excluding carboxylic acids is 2. The molecule has 11 heteroatoms. The summed E-state index contributed by atoms with van der Waals surface area (Å²) in [5.74, 6) is -1.12. The van der Waals surface area contributed by atoms with Crippen LogP contribution in [0.4, 0.5) is 17.1 Å². The molecule has 0 unspecified atom stereocenters. The van der Waals surface area contributed by atoms with Gasteiger partial charge in [-0.3, -0.25) is 19.2 Å². The lowest BCUT2D eigenvalue weighted by atomic mass is 10.1. The standard InChI is InChI=1S/C20H23N3O7S/c1-4-18(19(24)21-15-11-9-14(10-12-15)20(25)30-5-2)22(31(3,28)29)16-7-6-8-17(13-16)23(26)27/h6-13,18H,4-5H2,1-3H3,(H,21,24)/t18-/m0/s1. The quantitative estimate of drug-likeness (QED) is 0.353. The molecule has 0 aliphatic heterocycles. The topological polar surface area (TPSA) is 136 Å². The number of esters is 1. The highest BCUT2D eigenvalue weighted by Crippen LogP contribution is 2.27. The average molecular weight is 449 g/mol. The second-order valence-electron chi connectivity index (χ2n) is 6.55. The van der Waals surface area contributed by atoms with Crippen molar-refractivity contribution >= 4 is 39.0 Å². The first-order chi connectivity index (χ1) is 14.6. The predicted octanol–water partition coefficient (Wildman–Crippen LogP) is 2.95. The van der Waals surface area contributed by atoms with Crippen molar-refractivity contribution in [1.82, 2.24) is 0 Å². The van der Waals surface area contributed by atoms with E-state index in [1.54, 1.807) is 13.8 Å². The lowest BCUT2D eigenvalue weighted by Gasteiger charge is -2.30. The van der Waals surface area contributed by atoms with Gasteiger partial charge in [-0.1, -0.05) is 13.0 Å². The van der Waals surface area contributed by atoms with Crippen LogP contribution in [0.1, 0.15) is 30.6 Å². The molecule has 1 N–H and O–H groups in total. The van der Waals surface area contributed by atoms with Gasteiger partial charge in [0.15, 0.2) is 0 Å². The number of nitrogens with one attached hydrogen (secondary N) is 1. The zero-order valence-corrected chi connectivity index (χ0v) is 18.1. The van der Waals surface area contributed by atoms with Crippen LogP contribution in [0, 0.1) is 10.1 Å². The van der Waals surface area contributed by atoms with Gasteiger partial charge in [-0.15, -0.1) is 0 Å². The number of amides is 1. The number of anilines is 2. The molecule has 0 saturated heterocycles. The van der Waals surface area contributed by atoms with Crippen LogP contribution in [0.25, 0.3) is 0 Å². The Labute approximate surface area is 180 Å². The monoisotopic (exact) mass is 449 g/mol. The van der Waals surface area contributed by atoms with Gasteiger partial charge in [0.2, 0.25) is 15.9 Å². The zero-order valence-electron chi connectivity index (χ0n) is 17.3. The third-order valence-electron chi connectivity index (χ3n) is 4.29. The highest BCUT2D eigenvalue weighted by Gasteiger charge is 2.32. The number of nitro benzene ring substituents is 1. The van der Waals surface area contributed by atoms with Crippen molar-refractivity contribution in [3.8, 4) is 0 Å². The van der Waals surface area contributed by atoms with Crippen molar-refractivity contribution in [2.75, 3.05) is 22.5 Å². The molecule has 166 valence electrons. The molecule has 0 saturated carbocycles. The van der Waals surface area contributed by atoms with Crippen molar-refractivity contribution in [3.63, 3.8) is 0 Å².